The Kier molecular flexibility index (Phi) is 22.6. The van der Waals surface area contributed by atoms with E-state index in [0.29, 0.717) is 6.42 Å². The number of rotatable bonds is 18. The zero-order valence-electron chi connectivity index (χ0n) is 17.5. The van der Waals surface area contributed by atoms with Gasteiger partial charge in [0.15, 0.2) is 0 Å². The molecule has 0 bridgehead atoms. The first-order chi connectivity index (χ1) is 11.9. The van der Waals surface area contributed by atoms with E-state index in [1.807, 2.05) is 0 Å². The van der Waals surface area contributed by atoms with Crippen molar-refractivity contribution in [2.75, 3.05) is 0 Å². The van der Waals surface area contributed by atoms with Crippen molar-refractivity contribution in [3.63, 3.8) is 0 Å². The summed E-state index contributed by atoms with van der Waals surface area (Å²) in [6.07, 6.45) is 17.4. The van der Waals surface area contributed by atoms with E-state index in [2.05, 4.69) is 6.92 Å². The van der Waals surface area contributed by atoms with Crippen LogP contribution >= 0.6 is 0 Å². The third-order valence-corrected chi connectivity index (χ3v) is 6.25. The molecule has 0 aromatic rings. The van der Waals surface area contributed by atoms with Crippen LogP contribution < -0.4 is 51.4 Å². The van der Waals surface area contributed by atoms with Crippen molar-refractivity contribution in [3.05, 3.63) is 0 Å². The maximum absolute atomic E-state index is 10.8. The Morgan fingerprint density at radius 2 is 1.08 bits per heavy atom. The van der Waals surface area contributed by atoms with E-state index in [9.17, 15) is 18.1 Å². The van der Waals surface area contributed by atoms with Gasteiger partial charge in [0.05, 0.1) is 16.2 Å². The summed E-state index contributed by atoms with van der Waals surface area (Å²) in [5.41, 5.74) is 0. The normalized spacial score (nSPS) is 14.0. The molecule has 0 aliphatic rings. The van der Waals surface area contributed by atoms with Crippen LogP contribution in [0, 0.1) is 0 Å². The van der Waals surface area contributed by atoms with Crippen LogP contribution in [-0.2, 0) is 10.1 Å². The second kappa shape index (κ2) is 19.8. The number of hydrogen-bond acceptors (Lipinski definition) is 4. The summed E-state index contributed by atoms with van der Waals surface area (Å²) in [6.45, 7) is 3.73. The molecule has 0 spiro atoms. The Labute approximate surface area is 205 Å². The molecule has 0 fully saturated rings. The van der Waals surface area contributed by atoms with Crippen LogP contribution in [-0.4, -0.2) is 29.4 Å². The second-order valence-corrected chi connectivity index (χ2v) is 9.36. The van der Waals surface area contributed by atoms with Gasteiger partial charge in [-0.15, -0.1) is 0 Å². The first-order valence-electron chi connectivity index (χ1n) is 10.5. The molecule has 0 rings (SSSR count). The van der Waals surface area contributed by atoms with E-state index in [1.54, 1.807) is 0 Å². The van der Waals surface area contributed by atoms with Gasteiger partial charge in [-0.05, 0) is 26.2 Å². The zero-order chi connectivity index (χ0) is 19.0. The third-order valence-electron chi connectivity index (χ3n) is 5.03. The van der Waals surface area contributed by atoms with Crippen molar-refractivity contribution < 1.29 is 69.5 Å². The van der Waals surface area contributed by atoms with Crippen LogP contribution in [0.1, 0.15) is 117 Å². The molecule has 1 N–H and O–H groups in total. The summed E-state index contributed by atoms with van der Waals surface area (Å²) in [5.74, 6) is 0. The minimum atomic E-state index is -4.12. The number of hydrogen-bond donors (Lipinski definition) is 1. The van der Waals surface area contributed by atoms with E-state index in [0.717, 1.165) is 44.9 Å². The molecule has 0 amide bonds. The standard InChI is InChI=1S/C20H42O4S.K/c1-3-4-5-6-7-8-9-10-14-17-20(21)18-15-12-11-13-16-19(2)25(22,23)24;/h19-21H,3-18H2,1-2H3,(H,22,23,24);/q;+1/p-1. The summed E-state index contributed by atoms with van der Waals surface area (Å²) in [5, 5.41) is 9.21. The Morgan fingerprint density at radius 1 is 0.731 bits per heavy atom. The fourth-order valence-corrected chi connectivity index (χ4v) is 3.60. The van der Waals surface area contributed by atoms with Crippen molar-refractivity contribution in [3.8, 4) is 0 Å². The number of aliphatic hydroxyl groups is 1. The molecule has 2 unspecified atom stereocenters. The summed E-state index contributed by atoms with van der Waals surface area (Å²) in [4.78, 5) is 0. The van der Waals surface area contributed by atoms with Gasteiger partial charge in [-0.2, -0.15) is 0 Å². The Balaban J connectivity index is 0. The van der Waals surface area contributed by atoms with Crippen molar-refractivity contribution in [2.24, 2.45) is 0 Å². The average molecular weight is 417 g/mol. The molecular formula is C20H41KO4S. The molecule has 0 aliphatic heterocycles. The van der Waals surface area contributed by atoms with Crippen molar-refractivity contribution in [1.29, 1.82) is 0 Å². The van der Waals surface area contributed by atoms with Crippen LogP contribution in [0.4, 0.5) is 0 Å². The van der Waals surface area contributed by atoms with Crippen LogP contribution in [0.25, 0.3) is 0 Å². The fraction of sp³-hybridized carbons (Fsp3) is 1.00. The predicted octanol–water partition coefficient (Wildman–Crippen LogP) is 2.55. The van der Waals surface area contributed by atoms with E-state index < -0.39 is 15.4 Å². The van der Waals surface area contributed by atoms with Crippen LogP contribution in [0.3, 0.4) is 0 Å². The second-order valence-electron chi connectivity index (χ2n) is 7.57. The Morgan fingerprint density at radius 3 is 1.46 bits per heavy atom. The molecular weight excluding hydrogens is 375 g/mol. The molecule has 0 aromatic carbocycles. The largest absolute Gasteiger partial charge is 1.00 e. The van der Waals surface area contributed by atoms with Gasteiger partial charge in [0.1, 0.15) is 0 Å². The first kappa shape index (κ1) is 29.7. The van der Waals surface area contributed by atoms with E-state index in [4.69, 9.17) is 0 Å². The van der Waals surface area contributed by atoms with Gasteiger partial charge in [0, 0.05) is 5.25 Å². The van der Waals surface area contributed by atoms with Gasteiger partial charge in [-0.25, -0.2) is 8.42 Å². The smallest absolute Gasteiger partial charge is 0.748 e. The molecule has 0 heterocycles. The van der Waals surface area contributed by atoms with Crippen LogP contribution in [0.15, 0.2) is 0 Å². The van der Waals surface area contributed by atoms with Crippen LogP contribution in [0.2, 0.25) is 0 Å². The maximum Gasteiger partial charge on any atom is 1.00 e. The Hall–Kier alpha value is 1.51. The van der Waals surface area contributed by atoms with Gasteiger partial charge >= 0.3 is 51.4 Å². The summed E-state index contributed by atoms with van der Waals surface area (Å²) >= 11 is 0. The number of unbranched alkanes of at least 4 members (excludes halogenated alkanes) is 11. The molecule has 0 saturated carbocycles. The van der Waals surface area contributed by atoms with E-state index in [-0.39, 0.29) is 57.5 Å². The molecule has 0 aromatic heterocycles. The predicted molar refractivity (Wildman–Crippen MR) is 105 cm³/mol. The van der Waals surface area contributed by atoms with Crippen molar-refractivity contribution in [1.82, 2.24) is 0 Å². The Bertz CT molecular complexity index is 387. The molecule has 4 nitrogen and oxygen atoms in total. The summed E-state index contributed by atoms with van der Waals surface area (Å²) in [7, 11) is -4.12. The molecule has 0 aliphatic carbocycles. The molecule has 0 radical (unpaired) electrons. The van der Waals surface area contributed by atoms with Gasteiger partial charge < -0.3 is 9.66 Å². The molecule has 6 heteroatoms. The SMILES string of the molecule is CCCCCCCCCCCC(O)CCCCCCC(C)S(=O)(=O)[O-].[K+]. The topological polar surface area (TPSA) is 77.4 Å². The van der Waals surface area contributed by atoms with Crippen molar-refractivity contribution in [2.45, 2.75) is 128 Å². The first-order valence-corrected chi connectivity index (χ1v) is 12.0. The molecule has 2 atom stereocenters. The maximum atomic E-state index is 10.8. The zero-order valence-corrected chi connectivity index (χ0v) is 21.5. The van der Waals surface area contributed by atoms with Gasteiger partial charge in [0.2, 0.25) is 0 Å². The molecule has 0 saturated heterocycles. The quantitative estimate of drug-likeness (QED) is 0.212. The van der Waals surface area contributed by atoms with Gasteiger partial charge in [-0.3, -0.25) is 0 Å². The number of aliphatic hydroxyl groups excluding tert-OH is 1. The monoisotopic (exact) mass is 416 g/mol. The van der Waals surface area contributed by atoms with Crippen LogP contribution in [0.5, 0.6) is 0 Å². The minimum absolute atomic E-state index is 0. The molecule has 152 valence electrons. The fourth-order valence-electron chi connectivity index (χ4n) is 3.14. The van der Waals surface area contributed by atoms with E-state index in [1.165, 1.54) is 58.3 Å². The molecule has 26 heavy (non-hydrogen) atoms. The van der Waals surface area contributed by atoms with Gasteiger partial charge in [-0.1, -0.05) is 90.4 Å². The van der Waals surface area contributed by atoms with Gasteiger partial charge in [0.25, 0.3) is 0 Å². The minimum Gasteiger partial charge on any atom is -0.748 e. The van der Waals surface area contributed by atoms with Crippen molar-refractivity contribution >= 4 is 10.1 Å². The summed E-state index contributed by atoms with van der Waals surface area (Å²) in [6, 6.07) is 0. The van der Waals surface area contributed by atoms with E-state index >= 15 is 0 Å². The average Bonchev–Trinajstić information content (AvgIpc) is 2.55. The third kappa shape index (κ3) is 20.2. The summed E-state index contributed by atoms with van der Waals surface area (Å²) < 4.78 is 32.3.